The Kier molecular flexibility index (Phi) is 2.87. The van der Waals surface area contributed by atoms with Gasteiger partial charge in [-0.25, -0.2) is 4.31 Å². The summed E-state index contributed by atoms with van der Waals surface area (Å²) < 4.78 is 63.0. The van der Waals surface area contributed by atoms with Crippen molar-refractivity contribution in [2.24, 2.45) is 0 Å². The summed E-state index contributed by atoms with van der Waals surface area (Å²) in [7, 11) is -5.53. The Morgan fingerprint density at radius 1 is 0.857 bits per heavy atom. The van der Waals surface area contributed by atoms with Crippen molar-refractivity contribution < 1.29 is 21.6 Å². The molecule has 0 radical (unpaired) electrons. The minimum atomic E-state index is -5.53. The Morgan fingerprint density at radius 2 is 1.29 bits per heavy atom. The van der Waals surface area contributed by atoms with Gasteiger partial charge >= 0.3 is 15.5 Å². The van der Waals surface area contributed by atoms with E-state index in [2.05, 4.69) is 5.32 Å². The van der Waals surface area contributed by atoms with Crippen molar-refractivity contribution in [2.45, 2.75) is 5.51 Å². The second kappa shape index (κ2) is 4.39. The second-order valence-corrected chi connectivity index (χ2v) is 6.15. The molecule has 0 atom stereocenters. The number of anilines is 4. The molecule has 1 aliphatic rings. The predicted octanol–water partition coefficient (Wildman–Crippen LogP) is 3.73. The summed E-state index contributed by atoms with van der Waals surface area (Å²) in [6, 6.07) is 11.9. The fraction of sp³-hybridized carbons (Fsp3) is 0.0769. The van der Waals surface area contributed by atoms with Crippen molar-refractivity contribution >= 4 is 32.8 Å². The number of rotatable bonds is 1. The standard InChI is InChI=1S/C13H9F3N2O2S/c14-13(15,16)21(19,20)18-11-7-3-1-5-9(11)17-10-6-2-4-8-12(10)18/h1-8,17H. The van der Waals surface area contributed by atoms with Gasteiger partial charge in [0, 0.05) is 0 Å². The highest BCUT2D eigenvalue weighted by atomic mass is 32.2. The molecule has 1 N–H and O–H groups in total. The molecule has 0 bridgehead atoms. The number of hydrogen-bond donors (Lipinski definition) is 1. The molecule has 0 saturated carbocycles. The third-order valence-electron chi connectivity index (χ3n) is 3.05. The fourth-order valence-electron chi connectivity index (χ4n) is 2.15. The van der Waals surface area contributed by atoms with E-state index < -0.39 is 15.5 Å². The van der Waals surface area contributed by atoms with Crippen molar-refractivity contribution in [3.63, 3.8) is 0 Å². The third-order valence-corrected chi connectivity index (χ3v) is 4.51. The molecular weight excluding hydrogens is 305 g/mol. The van der Waals surface area contributed by atoms with Crippen LogP contribution in [-0.4, -0.2) is 13.9 Å². The maximum absolute atomic E-state index is 13.0. The molecule has 0 unspecified atom stereocenters. The first kappa shape index (κ1) is 13.7. The molecule has 0 spiro atoms. The van der Waals surface area contributed by atoms with E-state index in [1.807, 2.05) is 0 Å². The van der Waals surface area contributed by atoms with Gasteiger partial charge in [-0.3, -0.25) is 0 Å². The van der Waals surface area contributed by atoms with E-state index in [1.54, 1.807) is 12.1 Å². The fourth-order valence-corrected chi connectivity index (χ4v) is 3.19. The van der Waals surface area contributed by atoms with Crippen LogP contribution in [0.1, 0.15) is 0 Å². The molecular formula is C13H9F3N2O2S. The summed E-state index contributed by atoms with van der Waals surface area (Å²) in [5.41, 5.74) is -4.92. The van der Waals surface area contributed by atoms with Gasteiger partial charge in [0.05, 0.1) is 22.7 Å². The summed E-state index contributed by atoms with van der Waals surface area (Å²) in [5, 5.41) is 2.92. The first-order chi connectivity index (χ1) is 9.82. The van der Waals surface area contributed by atoms with Crippen LogP contribution in [-0.2, 0) is 10.0 Å². The Hall–Kier alpha value is -2.22. The Morgan fingerprint density at radius 3 is 1.71 bits per heavy atom. The normalized spacial score (nSPS) is 14.1. The number of fused-ring (bicyclic) bond motifs is 2. The number of benzene rings is 2. The molecule has 0 amide bonds. The van der Waals surface area contributed by atoms with Crippen LogP contribution < -0.4 is 9.62 Å². The SMILES string of the molecule is O=S(=O)(N1c2ccccc2Nc2ccccc21)C(F)(F)F. The highest BCUT2D eigenvalue weighted by Gasteiger charge is 2.52. The van der Waals surface area contributed by atoms with Crippen molar-refractivity contribution in [2.75, 3.05) is 9.62 Å². The molecule has 4 nitrogen and oxygen atoms in total. The molecule has 21 heavy (non-hydrogen) atoms. The highest BCUT2D eigenvalue weighted by molar-refractivity contribution is 7.94. The van der Waals surface area contributed by atoms with Gasteiger partial charge in [-0.1, -0.05) is 24.3 Å². The smallest absolute Gasteiger partial charge is 0.352 e. The van der Waals surface area contributed by atoms with Gasteiger partial charge in [0.1, 0.15) is 0 Å². The van der Waals surface area contributed by atoms with Gasteiger partial charge in [-0.15, -0.1) is 0 Å². The highest BCUT2D eigenvalue weighted by Crippen LogP contribution is 2.47. The lowest BCUT2D eigenvalue weighted by molar-refractivity contribution is -0.0435. The zero-order valence-electron chi connectivity index (χ0n) is 10.4. The minimum Gasteiger partial charge on any atom is -0.352 e. The average Bonchev–Trinajstić information content (AvgIpc) is 2.43. The van der Waals surface area contributed by atoms with Crippen LogP contribution in [0.15, 0.2) is 48.5 Å². The van der Waals surface area contributed by atoms with Gasteiger partial charge in [0.2, 0.25) is 0 Å². The quantitative estimate of drug-likeness (QED) is 0.872. The zero-order valence-corrected chi connectivity index (χ0v) is 11.2. The summed E-state index contributed by atoms with van der Waals surface area (Å²) in [6.45, 7) is 0. The topological polar surface area (TPSA) is 49.4 Å². The lowest BCUT2D eigenvalue weighted by atomic mass is 10.1. The number of alkyl halides is 3. The maximum atomic E-state index is 13.0. The summed E-state index contributed by atoms with van der Waals surface area (Å²) in [5.74, 6) is 0. The largest absolute Gasteiger partial charge is 0.517 e. The number of hydrogen-bond acceptors (Lipinski definition) is 3. The van der Waals surface area contributed by atoms with Crippen LogP contribution in [0.4, 0.5) is 35.9 Å². The predicted molar refractivity (Wildman–Crippen MR) is 73.3 cm³/mol. The lowest BCUT2D eigenvalue weighted by Gasteiger charge is -2.33. The lowest BCUT2D eigenvalue weighted by Crippen LogP contribution is -2.39. The summed E-state index contributed by atoms with van der Waals surface area (Å²) >= 11 is 0. The number of nitrogens with zero attached hydrogens (tertiary/aromatic N) is 1. The zero-order chi connectivity index (χ0) is 15.3. The Labute approximate surface area is 118 Å². The van der Waals surface area contributed by atoms with Crippen molar-refractivity contribution in [1.29, 1.82) is 0 Å². The molecule has 0 saturated heterocycles. The van der Waals surface area contributed by atoms with E-state index in [4.69, 9.17) is 0 Å². The molecule has 0 fully saturated rings. The molecule has 1 aliphatic heterocycles. The van der Waals surface area contributed by atoms with Gasteiger partial charge in [0.15, 0.2) is 0 Å². The summed E-state index contributed by atoms with van der Waals surface area (Å²) in [6.07, 6.45) is 0. The van der Waals surface area contributed by atoms with E-state index in [1.165, 1.54) is 36.4 Å². The van der Waals surface area contributed by atoms with Crippen molar-refractivity contribution in [1.82, 2.24) is 0 Å². The molecule has 110 valence electrons. The van der Waals surface area contributed by atoms with E-state index in [0.29, 0.717) is 15.7 Å². The van der Waals surface area contributed by atoms with Crippen molar-refractivity contribution in [3.8, 4) is 0 Å². The van der Waals surface area contributed by atoms with Crippen molar-refractivity contribution in [3.05, 3.63) is 48.5 Å². The number of sulfonamides is 1. The number of nitrogens with one attached hydrogen (secondary N) is 1. The second-order valence-electron chi connectivity index (χ2n) is 4.37. The van der Waals surface area contributed by atoms with Gasteiger partial charge in [-0.05, 0) is 24.3 Å². The molecule has 0 aliphatic carbocycles. The molecule has 1 heterocycles. The number of para-hydroxylation sites is 4. The third kappa shape index (κ3) is 2.02. The molecule has 3 rings (SSSR count). The first-order valence-corrected chi connectivity index (χ1v) is 7.33. The van der Waals surface area contributed by atoms with Gasteiger partial charge < -0.3 is 5.32 Å². The molecule has 8 heteroatoms. The summed E-state index contributed by atoms with van der Waals surface area (Å²) in [4.78, 5) is 0. The van der Waals surface area contributed by atoms with Gasteiger partial charge in [0.25, 0.3) is 0 Å². The minimum absolute atomic E-state index is 0.0616. The molecule has 0 aromatic heterocycles. The first-order valence-electron chi connectivity index (χ1n) is 5.89. The van der Waals surface area contributed by atoms with Crippen LogP contribution in [0.25, 0.3) is 0 Å². The van der Waals surface area contributed by atoms with Crippen LogP contribution in [0.2, 0.25) is 0 Å². The van der Waals surface area contributed by atoms with E-state index in [0.717, 1.165) is 0 Å². The number of halogens is 3. The van der Waals surface area contributed by atoms with E-state index in [9.17, 15) is 21.6 Å². The van der Waals surface area contributed by atoms with E-state index in [-0.39, 0.29) is 11.4 Å². The molecule has 2 aromatic carbocycles. The Balaban J connectivity index is 2.30. The van der Waals surface area contributed by atoms with E-state index >= 15 is 0 Å². The van der Waals surface area contributed by atoms with Gasteiger partial charge in [-0.2, -0.15) is 21.6 Å². The maximum Gasteiger partial charge on any atom is 0.517 e. The monoisotopic (exact) mass is 314 g/mol. The van der Waals surface area contributed by atoms with Crippen LogP contribution >= 0.6 is 0 Å². The van der Waals surface area contributed by atoms with Crippen LogP contribution in [0.5, 0.6) is 0 Å². The van der Waals surface area contributed by atoms with Crippen LogP contribution in [0, 0.1) is 0 Å². The van der Waals surface area contributed by atoms with Crippen LogP contribution in [0.3, 0.4) is 0 Å². The average molecular weight is 314 g/mol. The Bertz CT molecular complexity index is 758. The molecule has 2 aromatic rings.